The van der Waals surface area contributed by atoms with Gasteiger partial charge in [0.25, 0.3) is 11.8 Å². The number of hydrogen-bond donors (Lipinski definition) is 3. The van der Waals surface area contributed by atoms with Gasteiger partial charge in [-0.3, -0.25) is 14.5 Å². The number of aliphatic carboxylic acids is 1. The van der Waals surface area contributed by atoms with Gasteiger partial charge in [-0.15, -0.1) is 34.4 Å². The number of carbonyl (C=O) groups excluding carboxylic acids is 3. The number of fused-ring (bicyclic) bond motifs is 1. The minimum atomic E-state index is -1.47. The van der Waals surface area contributed by atoms with Gasteiger partial charge in [0.15, 0.2) is 29.8 Å². The molecule has 15 heteroatoms. The monoisotopic (exact) mass is 543 g/mol. The number of nitrogens with zero attached hydrogens (tertiary/aromatic N) is 5. The van der Waals surface area contributed by atoms with Crippen LogP contribution in [0.15, 0.2) is 57.9 Å². The molecule has 5 heterocycles. The van der Waals surface area contributed by atoms with Gasteiger partial charge in [0.2, 0.25) is 0 Å². The van der Waals surface area contributed by atoms with Crippen LogP contribution in [0, 0.1) is 0 Å². The van der Waals surface area contributed by atoms with Crippen LogP contribution in [-0.2, 0) is 20.9 Å². The molecule has 2 aliphatic heterocycles. The summed E-state index contributed by atoms with van der Waals surface area (Å²) in [6, 6.07) is 2.76. The first kappa shape index (κ1) is 23.9. The number of hydrogen-bond acceptors (Lipinski definition) is 12. The van der Waals surface area contributed by atoms with E-state index >= 15 is 0 Å². The second-order valence-electron chi connectivity index (χ2n) is 7.72. The van der Waals surface area contributed by atoms with E-state index in [1.165, 1.54) is 28.5 Å². The maximum absolute atomic E-state index is 12.9. The van der Waals surface area contributed by atoms with Gasteiger partial charge in [0, 0.05) is 46.0 Å². The number of thioether (sulfide) groups is 1. The Morgan fingerprint density at radius 3 is 2.72 bits per heavy atom. The minimum absolute atomic E-state index is 0.0629. The Bertz CT molecular complexity index is 1400. The van der Waals surface area contributed by atoms with E-state index in [0.717, 1.165) is 26.8 Å². The van der Waals surface area contributed by atoms with Gasteiger partial charge < -0.3 is 26.2 Å². The number of β-lactam (4-membered cyclic amide) rings is 1. The predicted molar refractivity (Wildman–Crippen MR) is 130 cm³/mol. The summed E-state index contributed by atoms with van der Waals surface area (Å²) in [4.78, 5) is 46.9. The molecule has 5 rings (SSSR count). The van der Waals surface area contributed by atoms with E-state index in [2.05, 4.69) is 20.4 Å². The van der Waals surface area contributed by atoms with E-state index in [0.29, 0.717) is 11.3 Å². The minimum Gasteiger partial charge on any atom is -0.543 e. The average molecular weight is 544 g/mol. The number of carboxylic acids is 1. The normalized spacial score (nSPS) is 19.6. The summed E-state index contributed by atoms with van der Waals surface area (Å²) in [6.45, 7) is 0.245. The first-order valence-electron chi connectivity index (χ1n) is 10.4. The lowest BCUT2D eigenvalue weighted by Crippen LogP contribution is -2.71. The fourth-order valence-electron chi connectivity index (χ4n) is 3.90. The highest BCUT2D eigenvalue weighted by atomic mass is 32.2. The molecular weight excluding hydrogens is 526 g/mol. The number of nitrogens with two attached hydrogens (primary N) is 1. The summed E-state index contributed by atoms with van der Waals surface area (Å²) in [5.41, 5.74) is 6.48. The van der Waals surface area contributed by atoms with Crippen molar-refractivity contribution in [3.05, 3.63) is 58.4 Å². The van der Waals surface area contributed by atoms with Crippen molar-refractivity contribution in [1.29, 1.82) is 0 Å². The molecule has 2 aliphatic rings. The first-order valence-corrected chi connectivity index (χ1v) is 13.2. The van der Waals surface area contributed by atoms with Crippen molar-refractivity contribution in [1.82, 2.24) is 20.2 Å². The Morgan fingerprint density at radius 2 is 2.11 bits per heavy atom. The fourth-order valence-corrected chi connectivity index (χ4v) is 6.43. The molecule has 0 unspecified atom stereocenters. The molecule has 0 bridgehead atoms. The summed E-state index contributed by atoms with van der Waals surface area (Å²) in [5.74, 6) is -2.59. The molecule has 1 saturated heterocycles. The smallest absolute Gasteiger partial charge is 0.276 e. The number of nitrogens with one attached hydrogen (secondary N) is 1. The van der Waals surface area contributed by atoms with E-state index in [1.54, 1.807) is 6.20 Å². The maximum atomic E-state index is 12.9. The third-order valence-electron chi connectivity index (χ3n) is 5.55. The van der Waals surface area contributed by atoms with Crippen LogP contribution >= 0.6 is 34.4 Å². The molecule has 0 spiro atoms. The lowest BCUT2D eigenvalue weighted by molar-refractivity contribution is -0.689. The van der Waals surface area contributed by atoms with E-state index in [-0.39, 0.29) is 23.1 Å². The van der Waals surface area contributed by atoms with Crippen LogP contribution in [-0.4, -0.2) is 60.7 Å². The Morgan fingerprint density at radius 1 is 1.33 bits per heavy atom. The number of oxime groups is 1. The highest BCUT2D eigenvalue weighted by Crippen LogP contribution is 2.40. The van der Waals surface area contributed by atoms with Gasteiger partial charge in [-0.1, -0.05) is 5.16 Å². The Kier molecular flexibility index (Phi) is 6.42. The van der Waals surface area contributed by atoms with Crippen molar-refractivity contribution in [2.45, 2.75) is 18.0 Å². The molecule has 2 atom stereocenters. The van der Waals surface area contributed by atoms with Crippen LogP contribution in [0.25, 0.3) is 10.6 Å². The SMILES string of the molecule is Nc1nc(/C(=N/O)C(=O)N[C@@H]2C(=O)N3C(C(=O)[O-])=C(C[n+]4ccc(-c5nccs5)cc4)CS[C@H]23)cs1. The van der Waals surface area contributed by atoms with Crippen molar-refractivity contribution in [3.63, 3.8) is 0 Å². The van der Waals surface area contributed by atoms with Gasteiger partial charge in [-0.05, 0) is 0 Å². The third kappa shape index (κ3) is 4.31. The predicted octanol–water partition coefficient (Wildman–Crippen LogP) is -0.581. The number of anilines is 1. The summed E-state index contributed by atoms with van der Waals surface area (Å²) >= 11 is 3.89. The number of rotatable bonds is 7. The van der Waals surface area contributed by atoms with Crippen molar-refractivity contribution >= 4 is 63.1 Å². The Hall–Kier alpha value is -3.82. The van der Waals surface area contributed by atoms with Crippen molar-refractivity contribution in [2.75, 3.05) is 11.5 Å². The molecular formula is C21H17N7O5S3. The zero-order valence-electron chi connectivity index (χ0n) is 18.2. The van der Waals surface area contributed by atoms with Crippen LogP contribution in [0.1, 0.15) is 5.69 Å². The second kappa shape index (κ2) is 9.67. The summed E-state index contributed by atoms with van der Waals surface area (Å²) in [7, 11) is 0. The van der Waals surface area contributed by atoms with E-state index < -0.39 is 34.9 Å². The van der Waals surface area contributed by atoms with Crippen LogP contribution in [0.5, 0.6) is 0 Å². The van der Waals surface area contributed by atoms with E-state index in [9.17, 15) is 24.7 Å². The molecule has 2 amide bonds. The van der Waals surface area contributed by atoms with Crippen LogP contribution in [0.2, 0.25) is 0 Å². The maximum Gasteiger partial charge on any atom is 0.276 e. The number of amides is 2. The van der Waals surface area contributed by atoms with Gasteiger partial charge in [-0.2, -0.15) is 0 Å². The van der Waals surface area contributed by atoms with Crippen molar-refractivity contribution in [2.24, 2.45) is 5.16 Å². The number of aromatic nitrogens is 3. The van der Waals surface area contributed by atoms with E-state index in [1.807, 2.05) is 34.5 Å². The van der Waals surface area contributed by atoms with Crippen LogP contribution in [0.4, 0.5) is 5.13 Å². The van der Waals surface area contributed by atoms with Gasteiger partial charge in [0.1, 0.15) is 22.1 Å². The highest BCUT2D eigenvalue weighted by Gasteiger charge is 2.53. The number of thiazole rings is 2. The Labute approximate surface area is 215 Å². The lowest BCUT2D eigenvalue weighted by Gasteiger charge is -2.50. The average Bonchev–Trinajstić information content (AvgIpc) is 3.55. The zero-order valence-corrected chi connectivity index (χ0v) is 20.7. The summed E-state index contributed by atoms with van der Waals surface area (Å²) < 4.78 is 1.81. The molecule has 3 aromatic heterocycles. The molecule has 1 fully saturated rings. The van der Waals surface area contributed by atoms with Gasteiger partial charge in [-0.25, -0.2) is 14.5 Å². The molecule has 0 radical (unpaired) electrons. The van der Waals surface area contributed by atoms with Crippen molar-refractivity contribution in [3.8, 4) is 10.6 Å². The zero-order chi connectivity index (χ0) is 25.4. The van der Waals surface area contributed by atoms with E-state index in [4.69, 9.17) is 5.73 Å². The fraction of sp³-hybridized carbons (Fsp3) is 0.190. The molecule has 12 nitrogen and oxygen atoms in total. The molecule has 36 heavy (non-hydrogen) atoms. The standard InChI is InChI=1S/C21H17N7O5S3/c22-21-24-12(9-36-21)13(26-33)16(29)25-14-18(30)28-15(20(31)32)11(8-35-19(14)28)7-27-4-1-10(2-5-27)17-23-3-6-34-17/h1-6,9,14,19H,7-8H2,(H4-,22,24,25,29,31,32,33)/t14-,19-/m1/s1. The number of carbonyl (C=O) groups is 3. The summed E-state index contributed by atoms with van der Waals surface area (Å²) in [6.07, 6.45) is 5.35. The molecule has 0 aromatic carbocycles. The molecule has 184 valence electrons. The second-order valence-corrected chi connectivity index (χ2v) is 10.6. The first-order chi connectivity index (χ1) is 17.4. The van der Waals surface area contributed by atoms with Crippen LogP contribution in [0.3, 0.4) is 0 Å². The lowest BCUT2D eigenvalue weighted by atomic mass is 10.0. The summed E-state index contributed by atoms with van der Waals surface area (Å²) in [5, 5.41) is 30.5. The Balaban J connectivity index is 1.32. The molecule has 0 saturated carbocycles. The molecule has 4 N–H and O–H groups in total. The largest absolute Gasteiger partial charge is 0.543 e. The van der Waals surface area contributed by atoms with Gasteiger partial charge >= 0.3 is 0 Å². The quantitative estimate of drug-likeness (QED) is 0.116. The number of carboxylic acid groups (broad SMARTS) is 1. The number of pyridine rings is 1. The molecule has 0 aliphatic carbocycles. The third-order valence-corrected chi connectivity index (χ3v) is 8.39. The van der Waals surface area contributed by atoms with Crippen molar-refractivity contribution < 1.29 is 29.3 Å². The topological polar surface area (TPSA) is 178 Å². The van der Waals surface area contributed by atoms with Gasteiger partial charge in [0.05, 0.1) is 11.7 Å². The molecule has 3 aromatic rings. The van der Waals surface area contributed by atoms with Crippen LogP contribution < -0.4 is 20.7 Å². The number of nitrogen functional groups attached to an aromatic ring is 1. The highest BCUT2D eigenvalue weighted by molar-refractivity contribution is 8.00.